The molecule has 0 aliphatic carbocycles. The van der Waals surface area contributed by atoms with Gasteiger partial charge in [-0.05, 0) is 26.2 Å². The summed E-state index contributed by atoms with van der Waals surface area (Å²) in [5.41, 5.74) is 0. The van der Waals surface area contributed by atoms with E-state index >= 15 is 0 Å². The van der Waals surface area contributed by atoms with Crippen LogP contribution in [0.5, 0.6) is 0 Å². The van der Waals surface area contributed by atoms with Crippen LogP contribution in [0.4, 0.5) is 4.39 Å². The molecule has 0 aromatic carbocycles. The first-order valence-corrected chi connectivity index (χ1v) is 5.72. The van der Waals surface area contributed by atoms with E-state index in [1.165, 1.54) is 6.92 Å². The number of rotatable bonds is 6. The third kappa shape index (κ3) is 9.84. The van der Waals surface area contributed by atoms with E-state index in [4.69, 9.17) is 0 Å². The molecule has 0 aromatic rings. The van der Waals surface area contributed by atoms with Crippen molar-refractivity contribution in [2.24, 2.45) is 0 Å². The summed E-state index contributed by atoms with van der Waals surface area (Å²) < 4.78 is 37.5. The van der Waals surface area contributed by atoms with Crippen molar-refractivity contribution in [3.8, 4) is 0 Å². The second-order valence-corrected chi connectivity index (χ2v) is 4.45. The van der Waals surface area contributed by atoms with Gasteiger partial charge in [0.2, 0.25) is 0 Å². The Hall–Kier alpha value is -0.160. The Kier molecular flexibility index (Phi) is 5.41. The predicted molar refractivity (Wildman–Crippen MR) is 45.2 cm³/mol. The smallest absolute Gasteiger partial charge is 0.264 e. The second-order valence-electron chi connectivity index (χ2n) is 2.80. The molecule has 0 aromatic heterocycles. The highest BCUT2D eigenvalue weighted by Gasteiger charge is 2.01. The number of alkyl halides is 1. The molecule has 0 radical (unpaired) electrons. The zero-order chi connectivity index (χ0) is 9.61. The van der Waals surface area contributed by atoms with Crippen LogP contribution in [0.15, 0.2) is 0 Å². The van der Waals surface area contributed by atoms with Crippen LogP contribution in [0.1, 0.15) is 26.2 Å². The molecule has 0 aliphatic heterocycles. The van der Waals surface area contributed by atoms with Crippen LogP contribution in [-0.2, 0) is 14.3 Å². The van der Waals surface area contributed by atoms with E-state index in [0.717, 1.165) is 6.26 Å². The summed E-state index contributed by atoms with van der Waals surface area (Å²) in [6.07, 6.45) is 1.90. The van der Waals surface area contributed by atoms with Crippen molar-refractivity contribution >= 4 is 10.1 Å². The molecule has 0 fully saturated rings. The van der Waals surface area contributed by atoms with Crippen molar-refractivity contribution in [1.82, 2.24) is 0 Å². The Bertz CT molecular complexity index is 199. The molecule has 1 atom stereocenters. The van der Waals surface area contributed by atoms with Crippen LogP contribution < -0.4 is 0 Å². The van der Waals surface area contributed by atoms with Gasteiger partial charge in [-0.2, -0.15) is 8.42 Å². The summed E-state index contributed by atoms with van der Waals surface area (Å²) in [6, 6.07) is 0. The van der Waals surface area contributed by atoms with E-state index in [0.29, 0.717) is 19.3 Å². The first-order chi connectivity index (χ1) is 5.42. The average molecular weight is 198 g/mol. The maximum Gasteiger partial charge on any atom is 0.264 e. The van der Waals surface area contributed by atoms with Crippen LogP contribution in [0.3, 0.4) is 0 Å². The van der Waals surface area contributed by atoms with Gasteiger partial charge in [0.1, 0.15) is 0 Å². The number of unbranched alkanes of at least 4 members (excludes halogenated alkanes) is 1. The lowest BCUT2D eigenvalue weighted by atomic mass is 10.2. The zero-order valence-corrected chi connectivity index (χ0v) is 8.23. The van der Waals surface area contributed by atoms with E-state index < -0.39 is 16.3 Å². The standard InChI is InChI=1S/C7H15FO3S/c1-7(8)5-3-4-6-11-12(2,9)10/h7H,3-6H2,1-2H3. The first kappa shape index (κ1) is 11.8. The fraction of sp³-hybridized carbons (Fsp3) is 1.00. The molecule has 0 heterocycles. The highest BCUT2D eigenvalue weighted by atomic mass is 32.2. The van der Waals surface area contributed by atoms with Gasteiger partial charge >= 0.3 is 0 Å². The van der Waals surface area contributed by atoms with Gasteiger partial charge in [0.25, 0.3) is 10.1 Å². The van der Waals surface area contributed by atoms with Gasteiger partial charge in [-0.3, -0.25) is 4.18 Å². The van der Waals surface area contributed by atoms with Crippen LogP contribution in [-0.4, -0.2) is 27.5 Å². The Balaban J connectivity index is 3.23. The fourth-order valence-electron chi connectivity index (χ4n) is 0.738. The predicted octanol–water partition coefficient (Wildman–Crippen LogP) is 1.49. The van der Waals surface area contributed by atoms with Gasteiger partial charge in [-0.1, -0.05) is 0 Å². The Labute approximate surface area is 73.0 Å². The topological polar surface area (TPSA) is 43.4 Å². The molecule has 0 bridgehead atoms. The molecule has 12 heavy (non-hydrogen) atoms. The maximum atomic E-state index is 12.2. The summed E-state index contributed by atoms with van der Waals surface area (Å²) in [5.74, 6) is 0. The summed E-state index contributed by atoms with van der Waals surface area (Å²) in [5, 5.41) is 0. The quantitative estimate of drug-likeness (QED) is 0.479. The molecule has 0 rings (SSSR count). The normalized spacial score (nSPS) is 14.6. The summed E-state index contributed by atoms with van der Waals surface area (Å²) in [7, 11) is -3.32. The molecule has 0 N–H and O–H groups in total. The van der Waals surface area contributed by atoms with E-state index in [-0.39, 0.29) is 6.61 Å². The molecular formula is C7H15FO3S. The summed E-state index contributed by atoms with van der Waals surface area (Å²) >= 11 is 0. The monoisotopic (exact) mass is 198 g/mol. The van der Waals surface area contributed by atoms with E-state index in [1.807, 2.05) is 0 Å². The van der Waals surface area contributed by atoms with E-state index in [9.17, 15) is 12.8 Å². The maximum absolute atomic E-state index is 12.2. The molecule has 0 saturated heterocycles. The largest absolute Gasteiger partial charge is 0.270 e. The minimum atomic E-state index is -3.32. The molecule has 74 valence electrons. The summed E-state index contributed by atoms with van der Waals surface area (Å²) in [4.78, 5) is 0. The molecule has 1 unspecified atom stereocenters. The minimum absolute atomic E-state index is 0.158. The molecule has 0 amide bonds. The average Bonchev–Trinajstić information content (AvgIpc) is 1.83. The molecule has 3 nitrogen and oxygen atoms in total. The van der Waals surface area contributed by atoms with Crippen molar-refractivity contribution in [2.45, 2.75) is 32.4 Å². The SMILES string of the molecule is CC(F)CCCCOS(C)(=O)=O. The third-order valence-corrected chi connectivity index (χ3v) is 1.89. The fourth-order valence-corrected chi connectivity index (χ4v) is 1.16. The van der Waals surface area contributed by atoms with Gasteiger partial charge in [0.05, 0.1) is 19.0 Å². The molecular weight excluding hydrogens is 183 g/mol. The molecule has 5 heteroatoms. The molecule has 0 spiro atoms. The Morgan fingerprint density at radius 3 is 2.42 bits per heavy atom. The lowest BCUT2D eigenvalue weighted by molar-refractivity contribution is 0.289. The Morgan fingerprint density at radius 1 is 1.42 bits per heavy atom. The van der Waals surface area contributed by atoms with Crippen LogP contribution >= 0.6 is 0 Å². The van der Waals surface area contributed by atoms with E-state index in [1.54, 1.807) is 0 Å². The van der Waals surface area contributed by atoms with Gasteiger partial charge in [0.15, 0.2) is 0 Å². The third-order valence-electron chi connectivity index (χ3n) is 1.29. The van der Waals surface area contributed by atoms with Gasteiger partial charge in [0, 0.05) is 0 Å². The minimum Gasteiger partial charge on any atom is -0.270 e. The van der Waals surface area contributed by atoms with Gasteiger partial charge < -0.3 is 0 Å². The van der Waals surface area contributed by atoms with Crippen molar-refractivity contribution in [3.05, 3.63) is 0 Å². The highest BCUT2D eigenvalue weighted by molar-refractivity contribution is 7.85. The van der Waals surface area contributed by atoms with Crippen molar-refractivity contribution in [1.29, 1.82) is 0 Å². The van der Waals surface area contributed by atoms with E-state index in [2.05, 4.69) is 4.18 Å². The zero-order valence-electron chi connectivity index (χ0n) is 7.42. The Morgan fingerprint density at radius 2 is 2.00 bits per heavy atom. The molecule has 0 saturated carbocycles. The lowest BCUT2D eigenvalue weighted by Crippen LogP contribution is -2.04. The van der Waals surface area contributed by atoms with Gasteiger partial charge in [-0.15, -0.1) is 0 Å². The number of halogens is 1. The van der Waals surface area contributed by atoms with Crippen LogP contribution in [0.2, 0.25) is 0 Å². The van der Waals surface area contributed by atoms with Crippen LogP contribution in [0, 0.1) is 0 Å². The number of hydrogen-bond acceptors (Lipinski definition) is 3. The second kappa shape index (κ2) is 5.48. The lowest BCUT2D eigenvalue weighted by Gasteiger charge is -2.01. The van der Waals surface area contributed by atoms with Crippen molar-refractivity contribution < 1.29 is 17.0 Å². The first-order valence-electron chi connectivity index (χ1n) is 3.90. The van der Waals surface area contributed by atoms with Gasteiger partial charge in [-0.25, -0.2) is 4.39 Å². The summed E-state index contributed by atoms with van der Waals surface area (Å²) in [6.45, 7) is 1.64. The number of hydrogen-bond donors (Lipinski definition) is 0. The molecule has 0 aliphatic rings. The van der Waals surface area contributed by atoms with Crippen LogP contribution in [0.25, 0.3) is 0 Å². The van der Waals surface area contributed by atoms with Crippen molar-refractivity contribution in [2.75, 3.05) is 12.9 Å². The van der Waals surface area contributed by atoms with Crippen molar-refractivity contribution in [3.63, 3.8) is 0 Å². The highest BCUT2D eigenvalue weighted by Crippen LogP contribution is 2.04.